The molecule has 78 valence electrons. The second kappa shape index (κ2) is 4.91. The Labute approximate surface area is 89.2 Å². The number of hydrogen-bond acceptors (Lipinski definition) is 3. The van der Waals surface area contributed by atoms with Gasteiger partial charge in [-0.15, -0.1) is 11.3 Å². The number of rotatable bonds is 4. The van der Waals surface area contributed by atoms with E-state index in [9.17, 15) is 0 Å². The molecule has 2 rings (SSSR count). The third-order valence-corrected chi connectivity index (χ3v) is 3.60. The second-order valence-corrected chi connectivity index (χ2v) is 5.23. The van der Waals surface area contributed by atoms with Gasteiger partial charge < -0.3 is 0 Å². The summed E-state index contributed by atoms with van der Waals surface area (Å²) in [5.41, 5.74) is 3.07. The van der Waals surface area contributed by atoms with E-state index in [1.807, 2.05) is 11.3 Å². The third-order valence-electron chi connectivity index (χ3n) is 2.59. The van der Waals surface area contributed by atoms with E-state index in [-0.39, 0.29) is 0 Å². The molecule has 0 spiro atoms. The van der Waals surface area contributed by atoms with Gasteiger partial charge in [-0.2, -0.15) is 5.48 Å². The Morgan fingerprint density at radius 1 is 1.43 bits per heavy atom. The van der Waals surface area contributed by atoms with Crippen LogP contribution in [0.25, 0.3) is 0 Å². The zero-order valence-corrected chi connectivity index (χ0v) is 9.40. The minimum absolute atomic E-state index is 0.455. The SMILES string of the molecule is Cc1ccc(CNOC2CCCC2)s1. The third kappa shape index (κ3) is 2.80. The van der Waals surface area contributed by atoms with E-state index < -0.39 is 0 Å². The summed E-state index contributed by atoms with van der Waals surface area (Å²) in [6.45, 7) is 2.97. The van der Waals surface area contributed by atoms with E-state index in [1.165, 1.54) is 35.4 Å². The van der Waals surface area contributed by atoms with Crippen LogP contribution in [0, 0.1) is 6.92 Å². The van der Waals surface area contributed by atoms with Gasteiger partial charge in [0, 0.05) is 9.75 Å². The predicted molar refractivity (Wildman–Crippen MR) is 59.2 cm³/mol. The van der Waals surface area contributed by atoms with Crippen LogP contribution in [0.1, 0.15) is 35.4 Å². The monoisotopic (exact) mass is 211 g/mol. The van der Waals surface area contributed by atoms with Gasteiger partial charge in [0.1, 0.15) is 0 Å². The smallest absolute Gasteiger partial charge is 0.0790 e. The van der Waals surface area contributed by atoms with E-state index in [4.69, 9.17) is 4.84 Å². The van der Waals surface area contributed by atoms with E-state index in [1.54, 1.807) is 0 Å². The Hall–Kier alpha value is -0.380. The highest BCUT2D eigenvalue weighted by Crippen LogP contribution is 2.20. The van der Waals surface area contributed by atoms with E-state index in [0.29, 0.717) is 6.10 Å². The molecule has 1 aromatic rings. The van der Waals surface area contributed by atoms with Crippen molar-refractivity contribution in [3.8, 4) is 0 Å². The van der Waals surface area contributed by atoms with Crippen molar-refractivity contribution in [3.63, 3.8) is 0 Å². The van der Waals surface area contributed by atoms with Gasteiger partial charge in [-0.25, -0.2) is 0 Å². The maximum Gasteiger partial charge on any atom is 0.0790 e. The van der Waals surface area contributed by atoms with Crippen LogP contribution in [-0.4, -0.2) is 6.10 Å². The lowest BCUT2D eigenvalue weighted by molar-refractivity contribution is -0.0239. The molecule has 0 amide bonds. The van der Waals surface area contributed by atoms with Crippen molar-refractivity contribution in [2.24, 2.45) is 0 Å². The fourth-order valence-corrected chi connectivity index (χ4v) is 2.63. The molecule has 0 saturated heterocycles. The van der Waals surface area contributed by atoms with Crippen molar-refractivity contribution in [1.29, 1.82) is 0 Å². The molecule has 0 unspecified atom stereocenters. The molecule has 1 saturated carbocycles. The highest BCUT2D eigenvalue weighted by atomic mass is 32.1. The summed E-state index contributed by atoms with van der Waals surface area (Å²) in [6, 6.07) is 4.31. The lowest BCUT2D eigenvalue weighted by Gasteiger charge is -2.10. The number of hydroxylamine groups is 1. The molecule has 1 aromatic heterocycles. The standard InChI is InChI=1S/C11H17NOS/c1-9-6-7-11(14-9)8-12-13-10-4-2-3-5-10/h6-7,10,12H,2-5,8H2,1H3. The van der Waals surface area contributed by atoms with Gasteiger partial charge in [0.2, 0.25) is 0 Å². The molecule has 1 aliphatic rings. The molecule has 0 radical (unpaired) electrons. The summed E-state index contributed by atoms with van der Waals surface area (Å²) < 4.78 is 0. The minimum Gasteiger partial charge on any atom is -0.298 e. The van der Waals surface area contributed by atoms with Crippen molar-refractivity contribution in [2.45, 2.75) is 45.3 Å². The first-order chi connectivity index (χ1) is 6.84. The minimum atomic E-state index is 0.455. The Morgan fingerprint density at radius 3 is 2.86 bits per heavy atom. The molecular formula is C11H17NOS. The van der Waals surface area contributed by atoms with Crippen molar-refractivity contribution in [2.75, 3.05) is 0 Å². The van der Waals surface area contributed by atoms with Crippen LogP contribution in [0.4, 0.5) is 0 Å². The van der Waals surface area contributed by atoms with Gasteiger partial charge in [0.15, 0.2) is 0 Å². The van der Waals surface area contributed by atoms with Gasteiger partial charge in [-0.3, -0.25) is 4.84 Å². The number of hydrogen-bond donors (Lipinski definition) is 1. The van der Waals surface area contributed by atoms with Gasteiger partial charge in [0.25, 0.3) is 0 Å². The maximum absolute atomic E-state index is 5.57. The lowest BCUT2D eigenvalue weighted by atomic mass is 10.3. The summed E-state index contributed by atoms with van der Waals surface area (Å²) >= 11 is 1.83. The van der Waals surface area contributed by atoms with Crippen LogP contribution >= 0.6 is 11.3 Å². The zero-order valence-electron chi connectivity index (χ0n) is 8.58. The summed E-state index contributed by atoms with van der Waals surface area (Å²) in [5.74, 6) is 0. The maximum atomic E-state index is 5.57. The Kier molecular flexibility index (Phi) is 3.56. The molecule has 0 atom stereocenters. The van der Waals surface area contributed by atoms with Crippen LogP contribution in [-0.2, 0) is 11.4 Å². The van der Waals surface area contributed by atoms with Crippen LogP contribution in [0.15, 0.2) is 12.1 Å². The predicted octanol–water partition coefficient (Wildman–Crippen LogP) is 3.02. The summed E-state index contributed by atoms with van der Waals surface area (Å²) in [5, 5.41) is 0. The van der Waals surface area contributed by atoms with E-state index in [2.05, 4.69) is 24.5 Å². The first-order valence-electron chi connectivity index (χ1n) is 5.28. The topological polar surface area (TPSA) is 21.3 Å². The largest absolute Gasteiger partial charge is 0.298 e. The highest BCUT2D eigenvalue weighted by Gasteiger charge is 2.15. The zero-order chi connectivity index (χ0) is 9.80. The molecule has 14 heavy (non-hydrogen) atoms. The average Bonchev–Trinajstić information content (AvgIpc) is 2.77. The number of nitrogens with one attached hydrogen (secondary N) is 1. The molecule has 0 aliphatic heterocycles. The Balaban J connectivity index is 1.67. The van der Waals surface area contributed by atoms with E-state index in [0.717, 1.165) is 6.54 Å². The Bertz CT molecular complexity index is 279. The number of thiophene rings is 1. The molecule has 2 nitrogen and oxygen atoms in total. The summed E-state index contributed by atoms with van der Waals surface area (Å²) in [7, 11) is 0. The molecule has 1 fully saturated rings. The molecule has 0 bridgehead atoms. The second-order valence-electron chi connectivity index (χ2n) is 3.86. The lowest BCUT2D eigenvalue weighted by Crippen LogP contribution is -2.20. The first-order valence-corrected chi connectivity index (χ1v) is 6.10. The molecule has 1 heterocycles. The first kappa shape index (κ1) is 10.1. The molecule has 3 heteroatoms. The van der Waals surface area contributed by atoms with Crippen molar-refractivity contribution in [1.82, 2.24) is 5.48 Å². The fraction of sp³-hybridized carbons (Fsp3) is 0.636. The van der Waals surface area contributed by atoms with Crippen LogP contribution in [0.2, 0.25) is 0 Å². The van der Waals surface area contributed by atoms with Gasteiger partial charge in [-0.1, -0.05) is 12.8 Å². The normalized spacial score (nSPS) is 17.8. The number of aryl methyl sites for hydroxylation is 1. The van der Waals surface area contributed by atoms with Crippen LogP contribution in [0.5, 0.6) is 0 Å². The van der Waals surface area contributed by atoms with Gasteiger partial charge >= 0.3 is 0 Å². The van der Waals surface area contributed by atoms with Crippen molar-refractivity contribution < 1.29 is 4.84 Å². The van der Waals surface area contributed by atoms with Crippen molar-refractivity contribution in [3.05, 3.63) is 21.9 Å². The van der Waals surface area contributed by atoms with Gasteiger partial charge in [-0.05, 0) is 31.9 Å². The Morgan fingerprint density at radius 2 is 2.21 bits per heavy atom. The summed E-state index contributed by atoms with van der Waals surface area (Å²) in [6.07, 6.45) is 5.54. The van der Waals surface area contributed by atoms with Crippen LogP contribution < -0.4 is 5.48 Å². The summed E-state index contributed by atoms with van der Waals surface area (Å²) in [4.78, 5) is 8.28. The van der Waals surface area contributed by atoms with Crippen molar-refractivity contribution >= 4 is 11.3 Å². The quantitative estimate of drug-likeness (QED) is 0.773. The molecule has 0 aromatic carbocycles. The average molecular weight is 211 g/mol. The molecule has 1 aliphatic carbocycles. The highest BCUT2D eigenvalue weighted by molar-refractivity contribution is 7.11. The molecular weight excluding hydrogens is 194 g/mol. The van der Waals surface area contributed by atoms with E-state index >= 15 is 0 Å². The fourth-order valence-electron chi connectivity index (χ4n) is 1.82. The molecule has 1 N–H and O–H groups in total. The van der Waals surface area contributed by atoms with Crippen LogP contribution in [0.3, 0.4) is 0 Å². The van der Waals surface area contributed by atoms with Gasteiger partial charge in [0.05, 0.1) is 12.6 Å².